The summed E-state index contributed by atoms with van der Waals surface area (Å²) >= 11 is 0. The number of nitrogens with zero attached hydrogens (tertiary/aromatic N) is 6. The van der Waals surface area contributed by atoms with E-state index in [2.05, 4.69) is 43.7 Å². The van der Waals surface area contributed by atoms with Crippen molar-refractivity contribution in [2.45, 2.75) is 45.4 Å². The molecule has 2 N–H and O–H groups in total. The van der Waals surface area contributed by atoms with Crippen LogP contribution in [0.1, 0.15) is 32.1 Å². The molecule has 0 amide bonds. The summed E-state index contributed by atoms with van der Waals surface area (Å²) in [6.07, 6.45) is 3.42. The normalized spacial score (nSPS) is 19.9. The quantitative estimate of drug-likeness (QED) is 0.677. The van der Waals surface area contributed by atoms with Crippen LogP contribution in [0.3, 0.4) is 0 Å². The van der Waals surface area contributed by atoms with Gasteiger partial charge in [-0.15, -0.1) is 0 Å². The summed E-state index contributed by atoms with van der Waals surface area (Å²) in [4.78, 5) is 20.1. The Morgan fingerprint density at radius 3 is 2.83 bits per heavy atom. The van der Waals surface area contributed by atoms with Gasteiger partial charge in [0.2, 0.25) is 5.95 Å². The second-order valence-corrected chi connectivity index (χ2v) is 7.62. The van der Waals surface area contributed by atoms with E-state index in [1.807, 2.05) is 24.0 Å². The molecular weight excluding hydrogens is 370 g/mol. The van der Waals surface area contributed by atoms with E-state index < -0.39 is 6.10 Å². The van der Waals surface area contributed by atoms with E-state index >= 15 is 0 Å². The van der Waals surface area contributed by atoms with Crippen LogP contribution >= 0.6 is 0 Å². The molecule has 0 radical (unpaired) electrons. The Balaban J connectivity index is 1.57. The first-order valence-electron chi connectivity index (χ1n) is 9.86. The third-order valence-corrected chi connectivity index (χ3v) is 5.28. The topological polar surface area (TPSA) is 101 Å². The molecule has 3 aromatic rings. The predicted molar refractivity (Wildman–Crippen MR) is 112 cm³/mol. The maximum atomic E-state index is 10.0. The molecule has 0 bridgehead atoms. The molecule has 0 aromatic carbocycles. The maximum absolute atomic E-state index is 10.0. The van der Waals surface area contributed by atoms with Crippen LogP contribution in [0, 0.1) is 6.92 Å². The van der Waals surface area contributed by atoms with E-state index in [-0.39, 0.29) is 6.10 Å². The van der Waals surface area contributed by atoms with Crippen LogP contribution in [0.4, 0.5) is 17.6 Å². The third-order valence-electron chi connectivity index (χ3n) is 5.28. The highest BCUT2D eigenvalue weighted by Crippen LogP contribution is 2.24. The lowest BCUT2D eigenvalue weighted by Gasteiger charge is -2.35. The molecule has 154 valence electrons. The first-order chi connectivity index (χ1) is 14.0. The number of nitrogens with one attached hydrogen (secondary N) is 1. The Kier molecular flexibility index (Phi) is 5.33. The van der Waals surface area contributed by atoms with Crippen LogP contribution in [0.25, 0.3) is 11.0 Å². The average Bonchev–Trinajstić information content (AvgIpc) is 3.04. The number of rotatable bonds is 5. The van der Waals surface area contributed by atoms with Crippen LogP contribution in [-0.2, 0) is 4.74 Å². The molecule has 4 heterocycles. The number of imidazole rings is 1. The fraction of sp³-hybridized carbons (Fsp3) is 0.500. The molecule has 2 atom stereocenters. The zero-order valence-corrected chi connectivity index (χ0v) is 17.2. The minimum Gasteiger partial charge on any atom is -0.390 e. The minimum absolute atomic E-state index is 0.243. The van der Waals surface area contributed by atoms with Crippen LogP contribution in [0.5, 0.6) is 0 Å². The van der Waals surface area contributed by atoms with E-state index in [0.29, 0.717) is 43.1 Å². The van der Waals surface area contributed by atoms with Gasteiger partial charge in [-0.2, -0.15) is 4.98 Å². The van der Waals surface area contributed by atoms with Crippen LogP contribution in [-0.4, -0.2) is 62.0 Å². The summed E-state index contributed by atoms with van der Waals surface area (Å²) in [7, 11) is 1.61. The lowest BCUT2D eigenvalue weighted by Crippen LogP contribution is -2.48. The molecule has 0 aliphatic carbocycles. The lowest BCUT2D eigenvalue weighted by molar-refractivity contribution is -0.0208. The van der Waals surface area contributed by atoms with Gasteiger partial charge in [-0.1, -0.05) is 0 Å². The molecular formula is C20H27N7O2. The number of piperidine rings is 1. The summed E-state index contributed by atoms with van der Waals surface area (Å²) in [6, 6.07) is 4.12. The number of aromatic nitrogens is 5. The molecule has 1 aliphatic heterocycles. The Labute approximate surface area is 169 Å². The van der Waals surface area contributed by atoms with Gasteiger partial charge in [-0.25, -0.2) is 15.0 Å². The number of aliphatic hydroxyl groups is 1. The highest BCUT2D eigenvalue weighted by molar-refractivity contribution is 5.79. The lowest BCUT2D eigenvalue weighted by atomic mass is 10.1. The number of pyridine rings is 1. The fourth-order valence-corrected chi connectivity index (χ4v) is 3.86. The predicted octanol–water partition coefficient (Wildman–Crippen LogP) is 2.44. The Morgan fingerprint density at radius 1 is 1.24 bits per heavy atom. The van der Waals surface area contributed by atoms with Gasteiger partial charge in [0.1, 0.15) is 29.1 Å². The van der Waals surface area contributed by atoms with Gasteiger partial charge in [-0.3, -0.25) is 0 Å². The van der Waals surface area contributed by atoms with Crippen molar-refractivity contribution in [2.75, 3.05) is 30.4 Å². The molecule has 3 aromatic heterocycles. The van der Waals surface area contributed by atoms with Crippen LogP contribution in [0.15, 0.2) is 24.5 Å². The monoisotopic (exact) mass is 397 g/mol. The van der Waals surface area contributed by atoms with Crippen LogP contribution < -0.4 is 10.2 Å². The molecule has 29 heavy (non-hydrogen) atoms. The summed E-state index contributed by atoms with van der Waals surface area (Å²) in [5, 5.41) is 13.3. The second kappa shape index (κ2) is 7.92. The first kappa shape index (κ1) is 19.5. The summed E-state index contributed by atoms with van der Waals surface area (Å²) < 4.78 is 7.57. The number of anilines is 3. The minimum atomic E-state index is -0.456. The zero-order chi connectivity index (χ0) is 20.5. The van der Waals surface area contributed by atoms with Crippen molar-refractivity contribution in [3.05, 3.63) is 30.4 Å². The number of fused-ring (bicyclic) bond motifs is 1. The summed E-state index contributed by atoms with van der Waals surface area (Å²) in [5.74, 6) is 2.94. The highest BCUT2D eigenvalue weighted by atomic mass is 16.5. The van der Waals surface area contributed by atoms with E-state index in [9.17, 15) is 5.11 Å². The molecule has 1 fully saturated rings. The number of aryl methyl sites for hydroxylation is 1. The molecule has 2 unspecified atom stereocenters. The van der Waals surface area contributed by atoms with Gasteiger partial charge >= 0.3 is 0 Å². The second-order valence-electron chi connectivity index (χ2n) is 7.62. The van der Waals surface area contributed by atoms with Gasteiger partial charge in [0.05, 0.1) is 17.8 Å². The maximum Gasteiger partial charge on any atom is 0.227 e. The average molecular weight is 397 g/mol. The number of hydrogen-bond donors (Lipinski definition) is 2. The fourth-order valence-electron chi connectivity index (χ4n) is 3.86. The van der Waals surface area contributed by atoms with Gasteiger partial charge in [0, 0.05) is 38.5 Å². The van der Waals surface area contributed by atoms with E-state index in [1.165, 1.54) is 0 Å². The molecule has 4 rings (SSSR count). The van der Waals surface area contributed by atoms with Crippen molar-refractivity contribution in [1.82, 2.24) is 24.5 Å². The SMILES string of the molecule is COC1CN(c2nccc(Nc3cc4c(cn3)nc(C)n4C(C)C)n2)CCC1O. The number of ether oxygens (including phenoxy) is 1. The van der Waals surface area contributed by atoms with Crippen molar-refractivity contribution in [2.24, 2.45) is 0 Å². The first-order valence-corrected chi connectivity index (χ1v) is 9.86. The largest absolute Gasteiger partial charge is 0.390 e. The summed E-state index contributed by atoms with van der Waals surface area (Å²) in [6.45, 7) is 7.52. The number of hydrogen-bond acceptors (Lipinski definition) is 8. The van der Waals surface area contributed by atoms with Crippen molar-refractivity contribution in [3.8, 4) is 0 Å². The van der Waals surface area contributed by atoms with E-state index in [4.69, 9.17) is 4.74 Å². The van der Waals surface area contributed by atoms with Crippen molar-refractivity contribution in [3.63, 3.8) is 0 Å². The van der Waals surface area contributed by atoms with Gasteiger partial charge in [0.25, 0.3) is 0 Å². The zero-order valence-electron chi connectivity index (χ0n) is 17.2. The Hall–Kier alpha value is -2.78. The molecule has 0 spiro atoms. The smallest absolute Gasteiger partial charge is 0.227 e. The van der Waals surface area contributed by atoms with E-state index in [0.717, 1.165) is 16.9 Å². The highest BCUT2D eigenvalue weighted by Gasteiger charge is 2.29. The molecule has 0 saturated carbocycles. The van der Waals surface area contributed by atoms with Gasteiger partial charge in [-0.05, 0) is 33.3 Å². The third kappa shape index (κ3) is 3.88. The molecule has 9 nitrogen and oxygen atoms in total. The van der Waals surface area contributed by atoms with Crippen LogP contribution in [0.2, 0.25) is 0 Å². The Morgan fingerprint density at radius 2 is 2.07 bits per heavy atom. The van der Waals surface area contributed by atoms with E-state index in [1.54, 1.807) is 19.5 Å². The van der Waals surface area contributed by atoms with Gasteiger partial charge in [0.15, 0.2) is 0 Å². The number of aliphatic hydroxyl groups excluding tert-OH is 1. The summed E-state index contributed by atoms with van der Waals surface area (Å²) in [5.41, 5.74) is 1.92. The van der Waals surface area contributed by atoms with Gasteiger partial charge < -0.3 is 24.6 Å². The molecule has 1 saturated heterocycles. The molecule has 9 heteroatoms. The standard InChI is InChI=1S/C20H27N7O2/c1-12(2)27-13(3)23-14-10-22-19(9-15(14)27)24-18-5-7-21-20(25-18)26-8-6-16(28)17(11-26)29-4/h5,7,9-10,12,16-17,28H,6,8,11H2,1-4H3,(H,21,22,24,25). The van der Waals surface area contributed by atoms with Crippen molar-refractivity contribution < 1.29 is 9.84 Å². The number of methoxy groups -OCH3 is 1. The van der Waals surface area contributed by atoms with Crippen molar-refractivity contribution in [1.29, 1.82) is 0 Å². The van der Waals surface area contributed by atoms with Crippen molar-refractivity contribution >= 4 is 28.6 Å². The molecule has 1 aliphatic rings. The Bertz CT molecular complexity index is 1000.